The van der Waals surface area contributed by atoms with Gasteiger partial charge in [-0.05, 0) is 30.3 Å². The summed E-state index contributed by atoms with van der Waals surface area (Å²) in [5.41, 5.74) is -0.640. The standard InChI is InChI=1S/C15H8ClF3N2O3/c16-9-2-4-12(22)10(6-9)14(23)21-11-3-1-8(7-20)5-13(11)24-15(17,18)19/h1-6,22H,(H,21,23). The molecule has 2 rings (SSSR count). The number of alkyl halides is 3. The molecule has 5 nitrogen and oxygen atoms in total. The minimum atomic E-state index is -5.01. The molecule has 0 radical (unpaired) electrons. The van der Waals surface area contributed by atoms with Crippen LogP contribution < -0.4 is 10.1 Å². The van der Waals surface area contributed by atoms with Crippen LogP contribution in [0.15, 0.2) is 36.4 Å². The van der Waals surface area contributed by atoms with Crippen molar-refractivity contribution in [3.63, 3.8) is 0 Å². The second-order valence-corrected chi connectivity index (χ2v) is 4.92. The van der Waals surface area contributed by atoms with E-state index in [1.165, 1.54) is 18.2 Å². The van der Waals surface area contributed by atoms with Crippen molar-refractivity contribution in [2.45, 2.75) is 6.36 Å². The van der Waals surface area contributed by atoms with E-state index in [1.807, 2.05) is 0 Å². The molecular formula is C15H8ClF3N2O3. The highest BCUT2D eigenvalue weighted by Crippen LogP contribution is 2.32. The third-order valence-electron chi connectivity index (χ3n) is 2.79. The van der Waals surface area contributed by atoms with Gasteiger partial charge in [-0.25, -0.2) is 0 Å². The number of nitrogens with zero attached hydrogens (tertiary/aromatic N) is 1. The van der Waals surface area contributed by atoms with Gasteiger partial charge in [0, 0.05) is 11.1 Å². The molecule has 0 unspecified atom stereocenters. The van der Waals surface area contributed by atoms with E-state index in [2.05, 4.69) is 10.1 Å². The van der Waals surface area contributed by atoms with E-state index < -0.39 is 23.8 Å². The Morgan fingerprint density at radius 3 is 2.58 bits per heavy atom. The van der Waals surface area contributed by atoms with E-state index in [1.54, 1.807) is 6.07 Å². The zero-order chi connectivity index (χ0) is 17.9. The van der Waals surface area contributed by atoms with E-state index in [-0.39, 0.29) is 21.8 Å². The van der Waals surface area contributed by atoms with Crippen molar-refractivity contribution >= 4 is 23.2 Å². The maximum Gasteiger partial charge on any atom is 0.573 e. The number of phenols is 1. The predicted octanol–water partition coefficient (Wildman–Crippen LogP) is 4.07. The van der Waals surface area contributed by atoms with E-state index >= 15 is 0 Å². The lowest BCUT2D eigenvalue weighted by Gasteiger charge is -2.14. The maximum absolute atomic E-state index is 12.5. The number of aromatic hydroxyl groups is 1. The van der Waals surface area contributed by atoms with Gasteiger partial charge in [0.05, 0.1) is 22.9 Å². The number of carbonyl (C=O) groups is 1. The van der Waals surface area contributed by atoms with Gasteiger partial charge in [-0.2, -0.15) is 5.26 Å². The summed E-state index contributed by atoms with van der Waals surface area (Å²) in [6.45, 7) is 0. The molecule has 0 saturated heterocycles. The van der Waals surface area contributed by atoms with Crippen molar-refractivity contribution < 1.29 is 27.8 Å². The van der Waals surface area contributed by atoms with E-state index in [0.29, 0.717) is 0 Å². The maximum atomic E-state index is 12.5. The summed E-state index contributed by atoms with van der Waals surface area (Å²) in [5, 5.41) is 20.7. The molecule has 0 aliphatic carbocycles. The van der Waals surface area contributed by atoms with Crippen LogP contribution in [0, 0.1) is 11.3 Å². The number of halogens is 4. The van der Waals surface area contributed by atoms with Gasteiger partial charge >= 0.3 is 6.36 Å². The molecule has 0 spiro atoms. The molecular weight excluding hydrogens is 349 g/mol. The smallest absolute Gasteiger partial charge is 0.507 e. The predicted molar refractivity (Wildman–Crippen MR) is 78.9 cm³/mol. The van der Waals surface area contributed by atoms with Crippen molar-refractivity contribution in [3.8, 4) is 17.6 Å². The van der Waals surface area contributed by atoms with Crippen LogP contribution in [0.25, 0.3) is 0 Å². The summed E-state index contributed by atoms with van der Waals surface area (Å²) in [7, 11) is 0. The Bertz CT molecular complexity index is 832. The molecule has 0 atom stereocenters. The highest BCUT2D eigenvalue weighted by Gasteiger charge is 2.32. The third-order valence-corrected chi connectivity index (χ3v) is 3.02. The number of benzene rings is 2. The van der Waals surface area contributed by atoms with Crippen molar-refractivity contribution in [2.24, 2.45) is 0 Å². The molecule has 2 aromatic carbocycles. The molecule has 2 N–H and O–H groups in total. The van der Waals surface area contributed by atoms with Crippen LogP contribution in [0.5, 0.6) is 11.5 Å². The van der Waals surface area contributed by atoms with E-state index in [4.69, 9.17) is 16.9 Å². The minimum absolute atomic E-state index is 0.0853. The van der Waals surface area contributed by atoms with E-state index in [9.17, 15) is 23.1 Å². The summed E-state index contributed by atoms with van der Waals surface area (Å²) in [5.74, 6) is -2.05. The summed E-state index contributed by atoms with van der Waals surface area (Å²) in [4.78, 5) is 12.1. The highest BCUT2D eigenvalue weighted by molar-refractivity contribution is 6.31. The molecule has 124 valence electrons. The van der Waals surface area contributed by atoms with Gasteiger partial charge in [-0.1, -0.05) is 11.6 Å². The molecule has 2 aromatic rings. The number of hydrogen-bond acceptors (Lipinski definition) is 4. The molecule has 0 aliphatic rings. The van der Waals surface area contributed by atoms with Crippen LogP contribution >= 0.6 is 11.6 Å². The fourth-order valence-electron chi connectivity index (χ4n) is 1.78. The summed E-state index contributed by atoms with van der Waals surface area (Å²) in [6, 6.07) is 8.45. The number of ether oxygens (including phenoxy) is 1. The van der Waals surface area contributed by atoms with Gasteiger partial charge in [-0.15, -0.1) is 13.2 Å². The Morgan fingerprint density at radius 2 is 1.96 bits per heavy atom. The number of carbonyl (C=O) groups excluding carboxylic acids is 1. The Balaban J connectivity index is 2.36. The van der Waals surface area contributed by atoms with Crippen molar-refractivity contribution in [2.75, 3.05) is 5.32 Å². The molecule has 0 bridgehead atoms. The highest BCUT2D eigenvalue weighted by atomic mass is 35.5. The second-order valence-electron chi connectivity index (χ2n) is 4.49. The van der Waals surface area contributed by atoms with Crippen LogP contribution in [0.1, 0.15) is 15.9 Å². The fourth-order valence-corrected chi connectivity index (χ4v) is 1.96. The third kappa shape index (κ3) is 4.30. The Labute approximate surface area is 138 Å². The number of nitriles is 1. The monoisotopic (exact) mass is 356 g/mol. The Hall–Kier alpha value is -2.92. The van der Waals surface area contributed by atoms with Crippen molar-refractivity contribution in [1.82, 2.24) is 0 Å². The lowest BCUT2D eigenvalue weighted by atomic mass is 10.1. The van der Waals surface area contributed by atoms with E-state index in [0.717, 1.165) is 18.2 Å². The summed E-state index contributed by atoms with van der Waals surface area (Å²) >= 11 is 5.72. The lowest BCUT2D eigenvalue weighted by molar-refractivity contribution is -0.274. The number of nitrogens with one attached hydrogen (secondary N) is 1. The van der Waals surface area contributed by atoms with Crippen molar-refractivity contribution in [3.05, 3.63) is 52.5 Å². The molecule has 0 aliphatic heterocycles. The molecule has 0 fully saturated rings. The van der Waals surface area contributed by atoms with Gasteiger partial charge < -0.3 is 15.2 Å². The van der Waals surface area contributed by atoms with Crippen molar-refractivity contribution in [1.29, 1.82) is 5.26 Å². The first-order valence-corrected chi connectivity index (χ1v) is 6.67. The molecule has 0 aromatic heterocycles. The number of phenolic OH excluding ortho intramolecular Hbond substituents is 1. The summed E-state index contributed by atoms with van der Waals surface area (Å²) in [6.07, 6.45) is -5.01. The zero-order valence-electron chi connectivity index (χ0n) is 11.7. The first-order valence-electron chi connectivity index (χ1n) is 6.29. The number of hydrogen-bond donors (Lipinski definition) is 2. The second kappa shape index (κ2) is 6.68. The van der Waals surface area contributed by atoms with Crippen LogP contribution in [0.3, 0.4) is 0 Å². The normalized spacial score (nSPS) is 10.8. The number of anilines is 1. The lowest BCUT2D eigenvalue weighted by Crippen LogP contribution is -2.20. The van der Waals surface area contributed by atoms with Crippen LogP contribution in [0.2, 0.25) is 5.02 Å². The molecule has 1 amide bonds. The van der Waals surface area contributed by atoms with Gasteiger partial charge in [0.15, 0.2) is 5.75 Å². The number of rotatable bonds is 3. The van der Waals surface area contributed by atoms with Gasteiger partial charge in [0.1, 0.15) is 5.75 Å². The SMILES string of the molecule is N#Cc1ccc(NC(=O)c2cc(Cl)ccc2O)c(OC(F)(F)F)c1. The Morgan fingerprint density at radius 1 is 1.25 bits per heavy atom. The van der Waals surface area contributed by atoms with Gasteiger partial charge in [0.25, 0.3) is 5.91 Å². The molecule has 0 saturated carbocycles. The van der Waals surface area contributed by atoms with Gasteiger partial charge in [-0.3, -0.25) is 4.79 Å². The summed E-state index contributed by atoms with van der Waals surface area (Å²) < 4.78 is 41.2. The van der Waals surface area contributed by atoms with Crippen LogP contribution in [-0.4, -0.2) is 17.4 Å². The molecule has 24 heavy (non-hydrogen) atoms. The van der Waals surface area contributed by atoms with Crippen LogP contribution in [0.4, 0.5) is 18.9 Å². The quantitative estimate of drug-likeness (QED) is 0.868. The topological polar surface area (TPSA) is 82.4 Å². The first kappa shape index (κ1) is 17.4. The number of amides is 1. The van der Waals surface area contributed by atoms with Gasteiger partial charge in [0.2, 0.25) is 0 Å². The zero-order valence-corrected chi connectivity index (χ0v) is 12.4. The van der Waals surface area contributed by atoms with Crippen LogP contribution in [-0.2, 0) is 0 Å². The Kier molecular flexibility index (Phi) is 4.85. The fraction of sp³-hybridized carbons (Fsp3) is 0.0667. The largest absolute Gasteiger partial charge is 0.573 e. The minimum Gasteiger partial charge on any atom is -0.507 e. The average Bonchev–Trinajstić information content (AvgIpc) is 2.49. The molecule has 9 heteroatoms. The average molecular weight is 357 g/mol. The first-order chi connectivity index (χ1) is 11.2. The molecule has 0 heterocycles.